The SMILES string of the molecule is CCOc1ccccc1CCC(=O)N(C)C(C)C. The van der Waals surface area contributed by atoms with Crippen LogP contribution < -0.4 is 4.74 Å². The lowest BCUT2D eigenvalue weighted by Gasteiger charge is -2.21. The molecular weight excluding hydrogens is 226 g/mol. The first-order chi connectivity index (χ1) is 8.56. The second kappa shape index (κ2) is 7.04. The first-order valence-corrected chi connectivity index (χ1v) is 6.52. The molecule has 0 heterocycles. The number of benzene rings is 1. The Kier molecular flexibility index (Phi) is 5.69. The second-order valence-electron chi connectivity index (χ2n) is 4.64. The zero-order valence-electron chi connectivity index (χ0n) is 11.8. The molecule has 3 heteroatoms. The Balaban J connectivity index is 2.60. The van der Waals surface area contributed by atoms with Crippen LogP contribution in [0.4, 0.5) is 0 Å². The number of amides is 1. The third-order valence-electron chi connectivity index (χ3n) is 3.05. The molecule has 3 nitrogen and oxygen atoms in total. The number of ether oxygens (including phenoxy) is 1. The molecule has 0 radical (unpaired) electrons. The minimum absolute atomic E-state index is 0.177. The highest BCUT2D eigenvalue weighted by atomic mass is 16.5. The lowest BCUT2D eigenvalue weighted by molar-refractivity contribution is -0.131. The molecule has 1 aromatic carbocycles. The van der Waals surface area contributed by atoms with Crippen LogP contribution in [0.2, 0.25) is 0 Å². The fraction of sp³-hybridized carbons (Fsp3) is 0.533. The average Bonchev–Trinajstić information content (AvgIpc) is 2.36. The molecule has 0 atom stereocenters. The van der Waals surface area contributed by atoms with Crippen LogP contribution in [0.3, 0.4) is 0 Å². The molecule has 0 aromatic heterocycles. The molecule has 1 aromatic rings. The standard InChI is InChI=1S/C15H23NO2/c1-5-18-14-9-7-6-8-13(14)10-11-15(17)16(4)12(2)3/h6-9,12H,5,10-11H2,1-4H3. The minimum atomic E-state index is 0.177. The summed E-state index contributed by atoms with van der Waals surface area (Å²) in [6, 6.07) is 8.16. The summed E-state index contributed by atoms with van der Waals surface area (Å²) < 4.78 is 5.55. The molecular formula is C15H23NO2. The van der Waals surface area contributed by atoms with E-state index in [1.807, 2.05) is 52.1 Å². The Bertz CT molecular complexity index is 388. The Morgan fingerprint density at radius 3 is 2.61 bits per heavy atom. The Labute approximate surface area is 110 Å². The van der Waals surface area contributed by atoms with Crippen molar-refractivity contribution in [1.29, 1.82) is 0 Å². The van der Waals surface area contributed by atoms with Gasteiger partial charge in [-0.25, -0.2) is 0 Å². The zero-order valence-corrected chi connectivity index (χ0v) is 11.8. The maximum Gasteiger partial charge on any atom is 0.222 e. The van der Waals surface area contributed by atoms with Crippen molar-refractivity contribution in [1.82, 2.24) is 4.90 Å². The summed E-state index contributed by atoms with van der Waals surface area (Å²) in [6.45, 7) is 6.66. The van der Waals surface area contributed by atoms with Crippen LogP contribution >= 0.6 is 0 Å². The minimum Gasteiger partial charge on any atom is -0.494 e. The molecule has 18 heavy (non-hydrogen) atoms. The van der Waals surface area contributed by atoms with Gasteiger partial charge in [0.15, 0.2) is 0 Å². The number of carbonyl (C=O) groups excluding carboxylic acids is 1. The fourth-order valence-electron chi connectivity index (χ4n) is 1.71. The van der Waals surface area contributed by atoms with Gasteiger partial charge in [-0.1, -0.05) is 18.2 Å². The van der Waals surface area contributed by atoms with Gasteiger partial charge < -0.3 is 9.64 Å². The number of nitrogens with zero attached hydrogens (tertiary/aromatic N) is 1. The number of para-hydroxylation sites is 1. The smallest absolute Gasteiger partial charge is 0.222 e. The molecule has 0 spiro atoms. The summed E-state index contributed by atoms with van der Waals surface area (Å²) >= 11 is 0. The summed E-state index contributed by atoms with van der Waals surface area (Å²) in [4.78, 5) is 13.7. The summed E-state index contributed by atoms with van der Waals surface area (Å²) in [5.74, 6) is 1.07. The molecule has 0 aliphatic carbocycles. The normalized spacial score (nSPS) is 10.5. The van der Waals surface area contributed by atoms with E-state index in [4.69, 9.17) is 4.74 Å². The first kappa shape index (κ1) is 14.6. The van der Waals surface area contributed by atoms with Crippen LogP contribution in [-0.2, 0) is 11.2 Å². The van der Waals surface area contributed by atoms with Gasteiger partial charge >= 0.3 is 0 Å². The molecule has 0 saturated heterocycles. The van der Waals surface area contributed by atoms with Crippen LogP contribution in [0.15, 0.2) is 24.3 Å². The molecule has 0 N–H and O–H groups in total. The summed E-state index contributed by atoms with van der Waals surface area (Å²) in [5, 5.41) is 0. The van der Waals surface area contributed by atoms with Crippen LogP contribution in [0.5, 0.6) is 5.75 Å². The number of rotatable bonds is 6. The van der Waals surface area contributed by atoms with Crippen molar-refractivity contribution >= 4 is 5.91 Å². The predicted octanol–water partition coefficient (Wildman–Crippen LogP) is 2.88. The van der Waals surface area contributed by atoms with E-state index >= 15 is 0 Å². The van der Waals surface area contributed by atoms with Gasteiger partial charge in [-0.3, -0.25) is 4.79 Å². The first-order valence-electron chi connectivity index (χ1n) is 6.52. The van der Waals surface area contributed by atoms with Crippen LogP contribution in [0, 0.1) is 0 Å². The highest BCUT2D eigenvalue weighted by Crippen LogP contribution is 2.19. The molecule has 0 bridgehead atoms. The molecule has 100 valence electrons. The van der Waals surface area contributed by atoms with E-state index in [0.717, 1.165) is 17.7 Å². The maximum absolute atomic E-state index is 11.9. The van der Waals surface area contributed by atoms with Gasteiger partial charge in [0.1, 0.15) is 5.75 Å². The predicted molar refractivity (Wildman–Crippen MR) is 73.8 cm³/mol. The second-order valence-corrected chi connectivity index (χ2v) is 4.64. The van der Waals surface area contributed by atoms with E-state index in [2.05, 4.69) is 0 Å². The van der Waals surface area contributed by atoms with Crippen molar-refractivity contribution in [3.8, 4) is 5.75 Å². The van der Waals surface area contributed by atoms with Crippen molar-refractivity contribution in [3.05, 3.63) is 29.8 Å². The number of hydrogen-bond donors (Lipinski definition) is 0. The third kappa shape index (κ3) is 4.06. The summed E-state index contributed by atoms with van der Waals surface area (Å²) in [6.07, 6.45) is 1.25. The Morgan fingerprint density at radius 1 is 1.33 bits per heavy atom. The van der Waals surface area contributed by atoms with E-state index in [1.54, 1.807) is 4.90 Å². The fourth-order valence-corrected chi connectivity index (χ4v) is 1.71. The van der Waals surface area contributed by atoms with Gasteiger partial charge in [0.25, 0.3) is 0 Å². The largest absolute Gasteiger partial charge is 0.494 e. The average molecular weight is 249 g/mol. The van der Waals surface area contributed by atoms with Crippen molar-refractivity contribution < 1.29 is 9.53 Å². The highest BCUT2D eigenvalue weighted by molar-refractivity contribution is 5.76. The van der Waals surface area contributed by atoms with Crippen molar-refractivity contribution in [2.75, 3.05) is 13.7 Å². The molecule has 0 fully saturated rings. The van der Waals surface area contributed by atoms with Crippen molar-refractivity contribution in [3.63, 3.8) is 0 Å². The number of carbonyl (C=O) groups is 1. The molecule has 0 aliphatic rings. The quantitative estimate of drug-likeness (QED) is 0.776. The molecule has 0 unspecified atom stereocenters. The summed E-state index contributed by atoms with van der Waals surface area (Å²) in [5.41, 5.74) is 1.10. The van der Waals surface area contributed by atoms with Gasteiger partial charge in [-0.05, 0) is 38.8 Å². The van der Waals surface area contributed by atoms with Gasteiger partial charge in [0.05, 0.1) is 6.61 Å². The Morgan fingerprint density at radius 2 is 2.00 bits per heavy atom. The van der Waals surface area contributed by atoms with Gasteiger partial charge in [0, 0.05) is 19.5 Å². The van der Waals surface area contributed by atoms with E-state index in [-0.39, 0.29) is 11.9 Å². The summed E-state index contributed by atoms with van der Waals surface area (Å²) in [7, 11) is 1.85. The lowest BCUT2D eigenvalue weighted by Crippen LogP contribution is -2.33. The van der Waals surface area contributed by atoms with Gasteiger partial charge in [-0.2, -0.15) is 0 Å². The zero-order chi connectivity index (χ0) is 13.5. The van der Waals surface area contributed by atoms with Gasteiger partial charge in [-0.15, -0.1) is 0 Å². The van der Waals surface area contributed by atoms with Crippen LogP contribution in [-0.4, -0.2) is 30.5 Å². The number of hydrogen-bond acceptors (Lipinski definition) is 2. The van der Waals surface area contributed by atoms with Crippen LogP contribution in [0.25, 0.3) is 0 Å². The topological polar surface area (TPSA) is 29.5 Å². The molecule has 0 saturated carbocycles. The highest BCUT2D eigenvalue weighted by Gasteiger charge is 2.12. The van der Waals surface area contributed by atoms with E-state index in [1.165, 1.54) is 0 Å². The lowest BCUT2D eigenvalue weighted by atomic mass is 10.1. The van der Waals surface area contributed by atoms with E-state index in [0.29, 0.717) is 13.0 Å². The van der Waals surface area contributed by atoms with Crippen LogP contribution in [0.1, 0.15) is 32.8 Å². The maximum atomic E-state index is 11.9. The van der Waals surface area contributed by atoms with Crippen molar-refractivity contribution in [2.45, 2.75) is 39.7 Å². The van der Waals surface area contributed by atoms with Gasteiger partial charge in [0.2, 0.25) is 5.91 Å². The van der Waals surface area contributed by atoms with Crippen molar-refractivity contribution in [2.24, 2.45) is 0 Å². The van der Waals surface area contributed by atoms with E-state index in [9.17, 15) is 4.79 Å². The van der Waals surface area contributed by atoms with E-state index < -0.39 is 0 Å². The molecule has 1 amide bonds. The third-order valence-corrected chi connectivity index (χ3v) is 3.05. The number of aryl methyl sites for hydroxylation is 1. The molecule has 0 aliphatic heterocycles. The Hall–Kier alpha value is -1.51. The monoisotopic (exact) mass is 249 g/mol. The molecule has 1 rings (SSSR count).